The lowest BCUT2D eigenvalue weighted by atomic mass is 9.71. The molecule has 1 unspecified atom stereocenters. The van der Waals surface area contributed by atoms with E-state index in [9.17, 15) is 9.90 Å². The number of ether oxygens (including phenoxy) is 1. The Hall–Kier alpha value is -3.42. The lowest BCUT2D eigenvalue weighted by Crippen LogP contribution is -2.30. The average molecular weight is 417 g/mol. The van der Waals surface area contributed by atoms with Gasteiger partial charge in [-0.25, -0.2) is 0 Å². The highest BCUT2D eigenvalue weighted by Crippen LogP contribution is 2.45. The maximum atomic E-state index is 13.5. The quantitative estimate of drug-likeness (QED) is 0.399. The van der Waals surface area contributed by atoms with Crippen LogP contribution in [0.15, 0.2) is 48.7 Å². The normalized spacial score (nSPS) is 15.5. The molecule has 4 aromatic rings. The van der Waals surface area contributed by atoms with Crippen molar-refractivity contribution in [3.63, 3.8) is 0 Å². The van der Waals surface area contributed by atoms with E-state index < -0.39 is 11.5 Å². The molecule has 0 amide bonds. The number of nitrogens with zero attached hydrogens (tertiary/aromatic N) is 1. The first-order chi connectivity index (χ1) is 14.9. The molecule has 0 radical (unpaired) electrons. The zero-order chi connectivity index (χ0) is 21.8. The van der Waals surface area contributed by atoms with E-state index in [1.54, 1.807) is 18.3 Å². The number of hydrogen-bond acceptors (Lipinski definition) is 5. The minimum Gasteiger partial charge on any atom is -0.491 e. The molecule has 31 heavy (non-hydrogen) atoms. The van der Waals surface area contributed by atoms with Gasteiger partial charge in [-0.2, -0.15) is 5.10 Å². The molecule has 4 N–H and O–H groups in total. The van der Waals surface area contributed by atoms with Crippen molar-refractivity contribution >= 4 is 16.7 Å². The minimum atomic E-state index is -0.949. The summed E-state index contributed by atoms with van der Waals surface area (Å²) >= 11 is 0. The van der Waals surface area contributed by atoms with Crippen molar-refractivity contribution in [1.82, 2.24) is 15.2 Å². The van der Waals surface area contributed by atoms with Crippen molar-refractivity contribution in [3.05, 3.63) is 71.0 Å². The summed E-state index contributed by atoms with van der Waals surface area (Å²) in [5.41, 5.74) is 5.42. The average Bonchev–Trinajstić information content (AvgIpc) is 3.44. The van der Waals surface area contributed by atoms with Crippen molar-refractivity contribution in [1.29, 1.82) is 0 Å². The number of benzene rings is 2. The van der Waals surface area contributed by atoms with Crippen LogP contribution in [0.2, 0.25) is 0 Å². The molecule has 0 aliphatic heterocycles. The number of ketones is 1. The third-order valence-electron chi connectivity index (χ3n) is 6.02. The van der Waals surface area contributed by atoms with Crippen LogP contribution in [0, 0.1) is 0 Å². The molecule has 158 valence electrons. The van der Waals surface area contributed by atoms with Crippen LogP contribution in [-0.4, -0.2) is 50.5 Å². The van der Waals surface area contributed by atoms with Crippen LogP contribution in [0.4, 0.5) is 0 Å². The first kappa shape index (κ1) is 19.5. The van der Waals surface area contributed by atoms with Crippen LogP contribution in [-0.2, 0) is 5.41 Å². The lowest BCUT2D eigenvalue weighted by molar-refractivity contribution is 0.0535. The van der Waals surface area contributed by atoms with Gasteiger partial charge in [0.15, 0.2) is 5.78 Å². The highest BCUT2D eigenvalue weighted by molar-refractivity contribution is 6.20. The lowest BCUT2D eigenvalue weighted by Gasteiger charge is -2.32. The van der Waals surface area contributed by atoms with Gasteiger partial charge in [0.25, 0.3) is 0 Å². The van der Waals surface area contributed by atoms with Gasteiger partial charge < -0.3 is 19.9 Å². The highest BCUT2D eigenvalue weighted by atomic mass is 16.5. The number of carbonyl (C=O) groups excluding carboxylic acids is 1. The molecule has 0 saturated carbocycles. The Balaban J connectivity index is 1.60. The van der Waals surface area contributed by atoms with Gasteiger partial charge in [-0.3, -0.25) is 9.89 Å². The molecule has 7 heteroatoms. The second kappa shape index (κ2) is 7.08. The van der Waals surface area contributed by atoms with E-state index >= 15 is 0 Å². The Morgan fingerprint density at radius 1 is 1.16 bits per heavy atom. The largest absolute Gasteiger partial charge is 0.491 e. The van der Waals surface area contributed by atoms with Gasteiger partial charge in [0.2, 0.25) is 0 Å². The second-order valence-corrected chi connectivity index (χ2v) is 8.41. The number of nitrogens with one attached hydrogen (secondary N) is 2. The van der Waals surface area contributed by atoms with Crippen molar-refractivity contribution < 1.29 is 19.7 Å². The van der Waals surface area contributed by atoms with Crippen LogP contribution in [0.1, 0.15) is 41.0 Å². The van der Waals surface area contributed by atoms with E-state index in [2.05, 4.69) is 29.0 Å². The standard InChI is InChI=1S/C24H23N3O4/c1-24(2)18-10-15(31-12-14(29)11-28)4-6-16(18)22(30)21-17-5-3-13(19-7-8-25-27-19)9-20(17)26-23(21)24/h3-10,14,26,28-29H,11-12H2,1-2H3,(H,25,27). The van der Waals surface area contributed by atoms with Crippen molar-refractivity contribution in [2.75, 3.05) is 13.2 Å². The van der Waals surface area contributed by atoms with E-state index in [0.717, 1.165) is 33.4 Å². The Kier molecular flexibility index (Phi) is 4.46. The van der Waals surface area contributed by atoms with Gasteiger partial charge >= 0.3 is 0 Å². The van der Waals surface area contributed by atoms with Gasteiger partial charge in [0, 0.05) is 39.3 Å². The molecule has 0 bridgehead atoms. The summed E-state index contributed by atoms with van der Waals surface area (Å²) in [7, 11) is 0. The molecule has 0 spiro atoms. The number of aliphatic hydroxyl groups is 2. The van der Waals surface area contributed by atoms with Crippen LogP contribution in [0.3, 0.4) is 0 Å². The molecule has 0 fully saturated rings. The minimum absolute atomic E-state index is 0.0162. The van der Waals surface area contributed by atoms with Crippen LogP contribution >= 0.6 is 0 Å². The smallest absolute Gasteiger partial charge is 0.195 e. The van der Waals surface area contributed by atoms with Gasteiger partial charge in [0.1, 0.15) is 18.5 Å². The molecule has 1 aliphatic carbocycles. The van der Waals surface area contributed by atoms with Crippen molar-refractivity contribution in [2.45, 2.75) is 25.4 Å². The summed E-state index contributed by atoms with van der Waals surface area (Å²) in [6.07, 6.45) is 0.761. The van der Waals surface area contributed by atoms with Crippen LogP contribution < -0.4 is 4.74 Å². The van der Waals surface area contributed by atoms with Gasteiger partial charge in [0.05, 0.1) is 17.9 Å². The number of aromatic nitrogens is 3. The SMILES string of the molecule is CC1(C)c2cc(OCC(O)CO)ccc2C(=O)c2c1[nH]c1cc(-c3ccn[nH]3)ccc21. The van der Waals surface area contributed by atoms with E-state index in [0.29, 0.717) is 16.9 Å². The fourth-order valence-electron chi connectivity index (χ4n) is 4.33. The fraction of sp³-hybridized carbons (Fsp3) is 0.250. The highest BCUT2D eigenvalue weighted by Gasteiger charge is 2.39. The monoisotopic (exact) mass is 417 g/mol. The maximum Gasteiger partial charge on any atom is 0.195 e. The third-order valence-corrected chi connectivity index (χ3v) is 6.02. The Morgan fingerprint density at radius 2 is 2.00 bits per heavy atom. The Labute approximate surface area is 178 Å². The summed E-state index contributed by atoms with van der Waals surface area (Å²) in [4.78, 5) is 16.9. The third kappa shape index (κ3) is 3.05. The number of rotatable bonds is 5. The van der Waals surface area contributed by atoms with Gasteiger partial charge in [-0.05, 0) is 35.9 Å². The maximum absolute atomic E-state index is 13.5. The van der Waals surface area contributed by atoms with Crippen molar-refractivity contribution in [2.24, 2.45) is 0 Å². The molecular weight excluding hydrogens is 394 g/mol. The van der Waals surface area contributed by atoms with E-state index in [4.69, 9.17) is 9.84 Å². The number of H-pyrrole nitrogens is 2. The number of fused-ring (bicyclic) bond motifs is 4. The second-order valence-electron chi connectivity index (χ2n) is 8.41. The summed E-state index contributed by atoms with van der Waals surface area (Å²) in [6, 6.07) is 13.3. The molecule has 0 saturated heterocycles. The van der Waals surface area contributed by atoms with Crippen LogP contribution in [0.5, 0.6) is 5.75 Å². The zero-order valence-electron chi connectivity index (χ0n) is 17.3. The molecule has 7 nitrogen and oxygen atoms in total. The number of aliphatic hydroxyl groups excluding tert-OH is 2. The summed E-state index contributed by atoms with van der Waals surface area (Å²) in [5.74, 6) is 0.528. The predicted octanol–water partition coefficient (Wildman–Crippen LogP) is 3.16. The molecule has 1 atom stereocenters. The fourth-order valence-corrected chi connectivity index (χ4v) is 4.33. The Morgan fingerprint density at radius 3 is 2.74 bits per heavy atom. The number of carbonyl (C=O) groups is 1. The van der Waals surface area contributed by atoms with Crippen molar-refractivity contribution in [3.8, 4) is 17.0 Å². The van der Waals surface area contributed by atoms with Crippen LogP contribution in [0.25, 0.3) is 22.2 Å². The molecule has 1 aliphatic rings. The Bertz CT molecular complexity index is 1290. The predicted molar refractivity (Wildman–Crippen MR) is 116 cm³/mol. The van der Waals surface area contributed by atoms with E-state index in [1.165, 1.54) is 0 Å². The molecule has 2 heterocycles. The van der Waals surface area contributed by atoms with Gasteiger partial charge in [-0.15, -0.1) is 0 Å². The molecule has 5 rings (SSSR count). The number of aromatic amines is 2. The zero-order valence-corrected chi connectivity index (χ0v) is 17.3. The van der Waals surface area contributed by atoms with E-state index in [1.807, 2.05) is 30.3 Å². The summed E-state index contributed by atoms with van der Waals surface area (Å²) < 4.78 is 5.62. The molecular formula is C24H23N3O4. The first-order valence-electron chi connectivity index (χ1n) is 10.2. The topological polar surface area (TPSA) is 111 Å². The summed E-state index contributed by atoms with van der Waals surface area (Å²) in [6.45, 7) is 3.77. The van der Waals surface area contributed by atoms with Gasteiger partial charge in [-0.1, -0.05) is 26.0 Å². The molecule has 2 aromatic carbocycles. The van der Waals surface area contributed by atoms with E-state index in [-0.39, 0.29) is 19.0 Å². The number of hydrogen-bond donors (Lipinski definition) is 4. The summed E-state index contributed by atoms with van der Waals surface area (Å²) in [5, 5.41) is 26.4. The first-order valence-corrected chi connectivity index (χ1v) is 10.2. The molecule has 2 aromatic heterocycles.